The van der Waals surface area contributed by atoms with Gasteiger partial charge in [0.25, 0.3) is 0 Å². The van der Waals surface area contributed by atoms with E-state index in [0.29, 0.717) is 11.6 Å². The molecule has 2 unspecified atom stereocenters. The van der Waals surface area contributed by atoms with Crippen LogP contribution in [0.2, 0.25) is 0 Å². The highest BCUT2D eigenvalue weighted by atomic mass is 16.5. The Morgan fingerprint density at radius 2 is 2.53 bits per heavy atom. The maximum absolute atomic E-state index is 11.8. The lowest BCUT2D eigenvalue weighted by Gasteiger charge is -2.13. The first-order valence-electron chi connectivity index (χ1n) is 5.14. The van der Waals surface area contributed by atoms with Gasteiger partial charge in [-0.3, -0.25) is 4.79 Å². The van der Waals surface area contributed by atoms with Crippen molar-refractivity contribution in [1.82, 2.24) is 10.5 Å². The van der Waals surface area contributed by atoms with Gasteiger partial charge in [0.1, 0.15) is 5.76 Å². The van der Waals surface area contributed by atoms with Crippen LogP contribution in [0.5, 0.6) is 0 Å². The summed E-state index contributed by atoms with van der Waals surface area (Å²) in [6, 6.07) is 1.95. The first kappa shape index (κ1) is 10.2. The highest BCUT2D eigenvalue weighted by Gasteiger charge is 2.29. The van der Waals surface area contributed by atoms with Crippen LogP contribution in [0, 0.1) is 12.8 Å². The van der Waals surface area contributed by atoms with Gasteiger partial charge in [0.2, 0.25) is 5.91 Å². The molecule has 5 heteroatoms. The second kappa shape index (κ2) is 4.02. The minimum Gasteiger partial charge on any atom is -0.360 e. The van der Waals surface area contributed by atoms with Crippen LogP contribution >= 0.6 is 0 Å². The number of aromatic nitrogens is 1. The van der Waals surface area contributed by atoms with Crippen molar-refractivity contribution in [2.24, 2.45) is 5.92 Å². The molecular weight excluding hydrogens is 194 g/mol. The third-order valence-electron chi connectivity index (χ3n) is 2.74. The van der Waals surface area contributed by atoms with Gasteiger partial charge in [-0.25, -0.2) is 0 Å². The van der Waals surface area contributed by atoms with Gasteiger partial charge in [0.05, 0.1) is 5.92 Å². The topological polar surface area (TPSA) is 67.2 Å². The number of nitrogens with zero attached hydrogens (tertiary/aromatic N) is 1. The van der Waals surface area contributed by atoms with Crippen molar-refractivity contribution in [2.45, 2.75) is 26.3 Å². The number of hydrogen-bond acceptors (Lipinski definition) is 4. The van der Waals surface area contributed by atoms with Gasteiger partial charge in [0.15, 0.2) is 5.82 Å². The van der Waals surface area contributed by atoms with E-state index in [1.165, 1.54) is 0 Å². The van der Waals surface area contributed by atoms with Crippen LogP contribution in [0.25, 0.3) is 0 Å². The van der Waals surface area contributed by atoms with Crippen LogP contribution in [-0.4, -0.2) is 23.7 Å². The van der Waals surface area contributed by atoms with E-state index in [9.17, 15) is 4.79 Å². The SMILES string of the molecule is Cc1cc(NC(=O)C2CCNC2C)no1. The van der Waals surface area contributed by atoms with Crippen LogP contribution in [0.1, 0.15) is 19.1 Å². The molecule has 5 nitrogen and oxygen atoms in total. The zero-order valence-electron chi connectivity index (χ0n) is 8.91. The summed E-state index contributed by atoms with van der Waals surface area (Å²) in [4.78, 5) is 11.8. The molecule has 1 aromatic rings. The molecule has 2 atom stereocenters. The normalized spacial score (nSPS) is 25.5. The Hall–Kier alpha value is -1.36. The molecule has 2 N–H and O–H groups in total. The van der Waals surface area contributed by atoms with Crippen LogP contribution in [0.15, 0.2) is 10.6 Å². The molecule has 1 fully saturated rings. The highest BCUT2D eigenvalue weighted by Crippen LogP contribution is 2.17. The minimum atomic E-state index is 0.0146. The lowest BCUT2D eigenvalue weighted by molar-refractivity contribution is -0.120. The summed E-state index contributed by atoms with van der Waals surface area (Å²) in [6.45, 7) is 4.71. The van der Waals surface area contributed by atoms with Crippen molar-refractivity contribution < 1.29 is 9.32 Å². The van der Waals surface area contributed by atoms with E-state index in [4.69, 9.17) is 4.52 Å². The molecule has 2 heterocycles. The van der Waals surface area contributed by atoms with E-state index in [1.54, 1.807) is 13.0 Å². The zero-order chi connectivity index (χ0) is 10.8. The number of anilines is 1. The first-order chi connectivity index (χ1) is 7.16. The maximum Gasteiger partial charge on any atom is 0.230 e. The summed E-state index contributed by atoms with van der Waals surface area (Å²) in [6.07, 6.45) is 0.879. The van der Waals surface area contributed by atoms with Gasteiger partial charge in [-0.05, 0) is 26.8 Å². The molecule has 82 valence electrons. The molecule has 1 aliphatic heterocycles. The minimum absolute atomic E-state index is 0.0146. The fraction of sp³-hybridized carbons (Fsp3) is 0.600. The Balaban J connectivity index is 1.97. The number of carbonyl (C=O) groups is 1. The molecule has 0 spiro atoms. The fourth-order valence-corrected chi connectivity index (χ4v) is 1.86. The molecule has 0 bridgehead atoms. The van der Waals surface area contributed by atoms with Gasteiger partial charge in [0, 0.05) is 12.1 Å². The van der Waals surface area contributed by atoms with Crippen molar-refractivity contribution in [3.8, 4) is 0 Å². The molecule has 0 saturated carbocycles. The van der Waals surface area contributed by atoms with Crippen molar-refractivity contribution in [1.29, 1.82) is 0 Å². The first-order valence-corrected chi connectivity index (χ1v) is 5.14. The quantitative estimate of drug-likeness (QED) is 0.760. The van der Waals surface area contributed by atoms with E-state index in [1.807, 2.05) is 6.92 Å². The standard InChI is InChI=1S/C10H15N3O2/c1-6-5-9(13-15-6)12-10(14)8-3-4-11-7(8)2/h5,7-8,11H,3-4H2,1-2H3,(H,12,13,14). The number of nitrogens with one attached hydrogen (secondary N) is 2. The lowest BCUT2D eigenvalue weighted by Crippen LogP contribution is -2.32. The van der Waals surface area contributed by atoms with E-state index in [-0.39, 0.29) is 17.9 Å². The molecule has 0 radical (unpaired) electrons. The van der Waals surface area contributed by atoms with E-state index in [0.717, 1.165) is 13.0 Å². The lowest BCUT2D eigenvalue weighted by atomic mass is 10.0. The molecule has 2 rings (SSSR count). The third kappa shape index (κ3) is 2.18. The summed E-state index contributed by atoms with van der Waals surface area (Å²) < 4.78 is 4.87. The Labute approximate surface area is 88.2 Å². The molecular formula is C10H15N3O2. The molecule has 1 aliphatic rings. The van der Waals surface area contributed by atoms with E-state index in [2.05, 4.69) is 15.8 Å². The Kier molecular flexibility index (Phi) is 2.73. The zero-order valence-corrected chi connectivity index (χ0v) is 8.91. The Morgan fingerprint density at radius 3 is 3.07 bits per heavy atom. The van der Waals surface area contributed by atoms with Crippen molar-refractivity contribution >= 4 is 11.7 Å². The number of carbonyl (C=O) groups excluding carboxylic acids is 1. The molecule has 1 amide bonds. The Morgan fingerprint density at radius 1 is 1.73 bits per heavy atom. The molecule has 0 aromatic carbocycles. The monoisotopic (exact) mass is 209 g/mol. The summed E-state index contributed by atoms with van der Waals surface area (Å²) in [5.74, 6) is 1.24. The summed E-state index contributed by atoms with van der Waals surface area (Å²) in [7, 11) is 0. The molecule has 0 aliphatic carbocycles. The van der Waals surface area contributed by atoms with Crippen LogP contribution in [0.3, 0.4) is 0 Å². The van der Waals surface area contributed by atoms with Gasteiger partial charge in [-0.1, -0.05) is 5.16 Å². The Bertz CT molecular complexity index is 361. The predicted molar refractivity (Wildman–Crippen MR) is 55.4 cm³/mol. The van der Waals surface area contributed by atoms with Gasteiger partial charge < -0.3 is 15.2 Å². The van der Waals surface area contributed by atoms with Crippen LogP contribution in [-0.2, 0) is 4.79 Å². The highest BCUT2D eigenvalue weighted by molar-refractivity contribution is 5.92. The summed E-state index contributed by atoms with van der Waals surface area (Å²) in [5, 5.41) is 9.71. The van der Waals surface area contributed by atoms with Gasteiger partial charge >= 0.3 is 0 Å². The fourth-order valence-electron chi connectivity index (χ4n) is 1.86. The van der Waals surface area contributed by atoms with Crippen molar-refractivity contribution in [3.05, 3.63) is 11.8 Å². The third-order valence-corrected chi connectivity index (χ3v) is 2.74. The van der Waals surface area contributed by atoms with Crippen LogP contribution in [0.4, 0.5) is 5.82 Å². The smallest absolute Gasteiger partial charge is 0.230 e. The number of amides is 1. The van der Waals surface area contributed by atoms with Crippen molar-refractivity contribution in [2.75, 3.05) is 11.9 Å². The largest absolute Gasteiger partial charge is 0.360 e. The number of rotatable bonds is 2. The predicted octanol–water partition coefficient (Wildman–Crippen LogP) is 0.920. The van der Waals surface area contributed by atoms with Crippen LogP contribution < -0.4 is 10.6 Å². The van der Waals surface area contributed by atoms with E-state index < -0.39 is 0 Å². The van der Waals surface area contributed by atoms with E-state index >= 15 is 0 Å². The van der Waals surface area contributed by atoms with Gasteiger partial charge in [-0.15, -0.1) is 0 Å². The summed E-state index contributed by atoms with van der Waals surface area (Å²) in [5.41, 5.74) is 0. The number of aryl methyl sites for hydroxylation is 1. The van der Waals surface area contributed by atoms with Crippen molar-refractivity contribution in [3.63, 3.8) is 0 Å². The average molecular weight is 209 g/mol. The average Bonchev–Trinajstić information content (AvgIpc) is 2.75. The number of hydrogen-bond donors (Lipinski definition) is 2. The maximum atomic E-state index is 11.8. The second-order valence-electron chi connectivity index (χ2n) is 3.95. The molecule has 1 aromatic heterocycles. The van der Waals surface area contributed by atoms with Gasteiger partial charge in [-0.2, -0.15) is 0 Å². The summed E-state index contributed by atoms with van der Waals surface area (Å²) >= 11 is 0. The molecule has 1 saturated heterocycles. The molecule has 15 heavy (non-hydrogen) atoms. The second-order valence-corrected chi connectivity index (χ2v) is 3.95.